The van der Waals surface area contributed by atoms with Crippen LogP contribution in [0.3, 0.4) is 0 Å². The summed E-state index contributed by atoms with van der Waals surface area (Å²) in [6, 6.07) is 11.6. The van der Waals surface area contributed by atoms with Crippen LogP contribution in [0, 0.1) is 13.8 Å². The van der Waals surface area contributed by atoms with E-state index in [2.05, 4.69) is 6.92 Å². The first-order valence-corrected chi connectivity index (χ1v) is 8.58. The molecule has 0 saturated heterocycles. The van der Waals surface area contributed by atoms with Crippen LogP contribution in [0.1, 0.15) is 11.1 Å². The molecule has 27 heavy (non-hydrogen) atoms. The molecule has 0 amide bonds. The lowest BCUT2D eigenvalue weighted by Crippen LogP contribution is -1.95. The molecule has 0 unspecified atom stereocenters. The molecule has 0 aliphatic heterocycles. The molecule has 5 heteroatoms. The van der Waals surface area contributed by atoms with Crippen LogP contribution >= 0.6 is 0 Å². The lowest BCUT2D eigenvalue weighted by molar-refractivity contribution is 0.324. The molecule has 0 N–H and O–H groups in total. The summed E-state index contributed by atoms with van der Waals surface area (Å²) in [5, 5.41) is 0. The summed E-state index contributed by atoms with van der Waals surface area (Å²) in [5.74, 6) is 4.15. The molecule has 1 heterocycles. The van der Waals surface area contributed by atoms with Gasteiger partial charge >= 0.3 is 0 Å². The van der Waals surface area contributed by atoms with Crippen molar-refractivity contribution in [1.29, 1.82) is 0 Å². The van der Waals surface area contributed by atoms with Gasteiger partial charge in [-0.1, -0.05) is 0 Å². The maximum Gasteiger partial charge on any atom is 0.203 e. The molecule has 0 aliphatic carbocycles. The highest BCUT2D eigenvalue weighted by Gasteiger charge is 2.20. The van der Waals surface area contributed by atoms with Crippen molar-refractivity contribution < 1.29 is 23.4 Å². The normalized spacial score (nSPS) is 10.6. The number of hydrogen-bond acceptors (Lipinski definition) is 5. The van der Waals surface area contributed by atoms with Gasteiger partial charge in [0.1, 0.15) is 17.3 Å². The summed E-state index contributed by atoms with van der Waals surface area (Å²) < 4.78 is 27.8. The number of furan rings is 1. The molecule has 0 atom stereocenters. The van der Waals surface area contributed by atoms with Gasteiger partial charge in [0.25, 0.3) is 0 Å². The predicted octanol–water partition coefficient (Wildman–Crippen LogP) is 5.26. The average molecular weight is 368 g/mol. The van der Waals surface area contributed by atoms with Crippen LogP contribution in [0.25, 0.3) is 22.6 Å². The SMILES string of the molecule is COc1ccc(-c2oc(-c3cc(OC)c(OC)c(OC)c3)c(C)c2C)cc1. The second kappa shape index (κ2) is 7.66. The van der Waals surface area contributed by atoms with Gasteiger partial charge in [0.15, 0.2) is 11.5 Å². The largest absolute Gasteiger partial charge is 0.497 e. The summed E-state index contributed by atoms with van der Waals surface area (Å²) in [6.07, 6.45) is 0. The van der Waals surface area contributed by atoms with Crippen molar-refractivity contribution >= 4 is 0 Å². The molecule has 3 aromatic rings. The Kier molecular flexibility index (Phi) is 5.31. The van der Waals surface area contributed by atoms with E-state index in [-0.39, 0.29) is 0 Å². The van der Waals surface area contributed by atoms with Crippen molar-refractivity contribution in [2.24, 2.45) is 0 Å². The third-order valence-corrected chi connectivity index (χ3v) is 4.73. The Morgan fingerprint density at radius 3 is 1.59 bits per heavy atom. The maximum absolute atomic E-state index is 6.27. The summed E-state index contributed by atoms with van der Waals surface area (Å²) in [5.41, 5.74) is 4.01. The smallest absolute Gasteiger partial charge is 0.203 e. The van der Waals surface area contributed by atoms with Gasteiger partial charge in [-0.05, 0) is 61.4 Å². The molecule has 0 bridgehead atoms. The molecule has 0 spiro atoms. The Labute approximate surface area is 159 Å². The zero-order chi connectivity index (χ0) is 19.6. The van der Waals surface area contributed by atoms with E-state index in [4.69, 9.17) is 23.4 Å². The molecule has 0 aliphatic rings. The zero-order valence-electron chi connectivity index (χ0n) is 16.5. The van der Waals surface area contributed by atoms with E-state index in [1.165, 1.54) is 0 Å². The van der Waals surface area contributed by atoms with E-state index >= 15 is 0 Å². The van der Waals surface area contributed by atoms with E-state index in [9.17, 15) is 0 Å². The van der Waals surface area contributed by atoms with E-state index in [1.54, 1.807) is 28.4 Å². The fourth-order valence-electron chi connectivity index (χ4n) is 3.10. The summed E-state index contributed by atoms with van der Waals surface area (Å²) >= 11 is 0. The van der Waals surface area contributed by atoms with E-state index in [0.29, 0.717) is 17.2 Å². The van der Waals surface area contributed by atoms with E-state index in [0.717, 1.165) is 39.5 Å². The number of benzene rings is 2. The Hall–Kier alpha value is -3.08. The molecule has 5 nitrogen and oxygen atoms in total. The van der Waals surface area contributed by atoms with Crippen LogP contribution in [0.5, 0.6) is 23.0 Å². The Morgan fingerprint density at radius 2 is 1.15 bits per heavy atom. The van der Waals surface area contributed by atoms with Crippen LogP contribution in [-0.4, -0.2) is 28.4 Å². The van der Waals surface area contributed by atoms with Gasteiger partial charge in [0, 0.05) is 11.1 Å². The van der Waals surface area contributed by atoms with Crippen molar-refractivity contribution in [3.63, 3.8) is 0 Å². The number of rotatable bonds is 6. The first-order chi connectivity index (χ1) is 13.0. The van der Waals surface area contributed by atoms with Crippen molar-refractivity contribution in [1.82, 2.24) is 0 Å². The van der Waals surface area contributed by atoms with Crippen LogP contribution in [-0.2, 0) is 0 Å². The molecule has 3 rings (SSSR count). The second-order valence-electron chi connectivity index (χ2n) is 6.15. The molecular weight excluding hydrogens is 344 g/mol. The molecule has 1 aromatic heterocycles. The third kappa shape index (κ3) is 3.33. The standard InChI is InChI=1S/C22H24O5/c1-13-14(2)21(27-20(13)15-7-9-17(23-3)10-8-15)16-11-18(24-4)22(26-6)19(12-16)25-5/h7-12H,1-6H3. The topological polar surface area (TPSA) is 50.1 Å². The molecule has 142 valence electrons. The average Bonchev–Trinajstić information content (AvgIpc) is 3.01. The van der Waals surface area contributed by atoms with Gasteiger partial charge in [0.2, 0.25) is 5.75 Å². The summed E-state index contributed by atoms with van der Waals surface area (Å²) in [7, 11) is 6.44. The minimum Gasteiger partial charge on any atom is -0.497 e. The number of ether oxygens (including phenoxy) is 4. The summed E-state index contributed by atoms with van der Waals surface area (Å²) in [4.78, 5) is 0. The maximum atomic E-state index is 6.27. The van der Waals surface area contributed by atoms with E-state index in [1.807, 2.05) is 43.3 Å². The first-order valence-electron chi connectivity index (χ1n) is 8.58. The van der Waals surface area contributed by atoms with Crippen LogP contribution < -0.4 is 18.9 Å². The van der Waals surface area contributed by atoms with E-state index < -0.39 is 0 Å². The van der Waals surface area contributed by atoms with Crippen LogP contribution in [0.15, 0.2) is 40.8 Å². The molecular formula is C22H24O5. The van der Waals surface area contributed by atoms with Gasteiger partial charge in [-0.3, -0.25) is 0 Å². The van der Waals surface area contributed by atoms with Crippen LogP contribution in [0.2, 0.25) is 0 Å². The van der Waals surface area contributed by atoms with Gasteiger partial charge in [-0.25, -0.2) is 0 Å². The lowest BCUT2D eigenvalue weighted by Gasteiger charge is -2.13. The lowest BCUT2D eigenvalue weighted by atomic mass is 10.0. The third-order valence-electron chi connectivity index (χ3n) is 4.73. The fraction of sp³-hybridized carbons (Fsp3) is 0.273. The summed E-state index contributed by atoms with van der Waals surface area (Å²) in [6.45, 7) is 4.10. The van der Waals surface area contributed by atoms with Crippen molar-refractivity contribution in [2.75, 3.05) is 28.4 Å². The highest BCUT2D eigenvalue weighted by atomic mass is 16.5. The van der Waals surface area contributed by atoms with Gasteiger partial charge < -0.3 is 23.4 Å². The monoisotopic (exact) mass is 368 g/mol. The Morgan fingerprint density at radius 1 is 0.630 bits per heavy atom. The molecule has 0 saturated carbocycles. The minimum atomic E-state index is 0.556. The molecule has 0 radical (unpaired) electrons. The second-order valence-corrected chi connectivity index (χ2v) is 6.15. The van der Waals surface area contributed by atoms with Gasteiger partial charge in [0.05, 0.1) is 28.4 Å². The molecule has 2 aromatic carbocycles. The van der Waals surface area contributed by atoms with Gasteiger partial charge in [-0.2, -0.15) is 0 Å². The number of methoxy groups -OCH3 is 4. The highest BCUT2D eigenvalue weighted by molar-refractivity contribution is 5.75. The predicted molar refractivity (Wildman–Crippen MR) is 105 cm³/mol. The van der Waals surface area contributed by atoms with Crippen molar-refractivity contribution in [3.05, 3.63) is 47.5 Å². The van der Waals surface area contributed by atoms with Crippen molar-refractivity contribution in [2.45, 2.75) is 13.8 Å². The zero-order valence-corrected chi connectivity index (χ0v) is 16.5. The Bertz CT molecular complexity index is 913. The highest BCUT2D eigenvalue weighted by Crippen LogP contribution is 2.44. The van der Waals surface area contributed by atoms with Gasteiger partial charge in [-0.15, -0.1) is 0 Å². The van der Waals surface area contributed by atoms with Crippen molar-refractivity contribution in [3.8, 4) is 45.6 Å². The van der Waals surface area contributed by atoms with Crippen LogP contribution in [0.4, 0.5) is 0 Å². The molecule has 0 fully saturated rings. The quantitative estimate of drug-likeness (QED) is 0.594. The number of hydrogen-bond donors (Lipinski definition) is 0. The fourth-order valence-corrected chi connectivity index (χ4v) is 3.10. The first kappa shape index (κ1) is 18.7. The Balaban J connectivity index is 2.13. The minimum absolute atomic E-state index is 0.556.